The van der Waals surface area contributed by atoms with Gasteiger partial charge in [-0.15, -0.1) is 12.1 Å². The normalized spacial score (nSPS) is 7.09. The van der Waals surface area contributed by atoms with E-state index in [4.69, 9.17) is 0 Å². The number of hydrogen-bond donors (Lipinski definition) is 0. The molecular weight excluding hydrogens is 187 g/mol. The molecule has 1 aromatic carbocycles. The molecular formula is C9H13NZn. The topological polar surface area (TPSA) is 14.1 Å². The van der Waals surface area contributed by atoms with Crippen LogP contribution in [0.5, 0.6) is 0 Å². The third-order valence-electron chi connectivity index (χ3n) is 0.843. The molecule has 1 nitrogen and oxygen atoms in total. The maximum Gasteiger partial charge on any atom is 2.00 e. The van der Waals surface area contributed by atoms with E-state index in [1.54, 1.807) is 14.1 Å². The van der Waals surface area contributed by atoms with Crippen molar-refractivity contribution in [1.82, 2.24) is 0 Å². The first kappa shape index (κ1) is 13.3. The Morgan fingerprint density at radius 1 is 1.09 bits per heavy atom. The molecule has 1 aromatic rings. The largest absolute Gasteiger partial charge is 2.00 e. The van der Waals surface area contributed by atoms with Crippen LogP contribution in [-0.4, -0.2) is 14.1 Å². The van der Waals surface area contributed by atoms with Gasteiger partial charge in [0.15, 0.2) is 0 Å². The van der Waals surface area contributed by atoms with Crippen LogP contribution < -0.4 is 0 Å². The van der Waals surface area contributed by atoms with Gasteiger partial charge in [0.25, 0.3) is 0 Å². The average molecular weight is 201 g/mol. The van der Waals surface area contributed by atoms with E-state index in [0.717, 1.165) is 5.56 Å². The molecule has 0 saturated heterocycles. The van der Waals surface area contributed by atoms with Gasteiger partial charge in [-0.1, -0.05) is 6.07 Å². The summed E-state index contributed by atoms with van der Waals surface area (Å²) >= 11 is 0. The van der Waals surface area contributed by atoms with Crippen LogP contribution in [0.1, 0.15) is 5.56 Å². The molecule has 0 fully saturated rings. The molecule has 11 heavy (non-hydrogen) atoms. The Hall–Kier alpha value is -0.327. The molecule has 56 valence electrons. The summed E-state index contributed by atoms with van der Waals surface area (Å²) in [5, 5.41) is 3.50. The van der Waals surface area contributed by atoms with E-state index < -0.39 is 0 Å². The van der Waals surface area contributed by atoms with Crippen LogP contribution >= 0.6 is 0 Å². The van der Waals surface area contributed by atoms with Crippen molar-refractivity contribution < 1.29 is 19.5 Å². The van der Waals surface area contributed by atoms with Crippen molar-refractivity contribution in [2.45, 2.75) is 0 Å². The van der Waals surface area contributed by atoms with E-state index in [-0.39, 0.29) is 19.5 Å². The van der Waals surface area contributed by atoms with Crippen molar-refractivity contribution in [3.05, 3.63) is 48.1 Å². The minimum absolute atomic E-state index is 0. The molecule has 0 spiro atoms. The third kappa shape index (κ3) is 9.67. The first-order chi connectivity index (χ1) is 4.81. The fraction of sp³-hybridized carbons (Fsp3) is 0.222. The van der Waals surface area contributed by atoms with Crippen LogP contribution in [0.2, 0.25) is 0 Å². The second-order valence-electron chi connectivity index (χ2n) is 1.93. The standard InChI is InChI=1S/C7H7.C2H6N.Zn/c1-7-5-3-2-4-6-7;1-3-2;/h2-6H,1H2;1-2H3;/q2*-1;+2. The summed E-state index contributed by atoms with van der Waals surface area (Å²) < 4.78 is 0. The van der Waals surface area contributed by atoms with Gasteiger partial charge < -0.3 is 5.32 Å². The minimum atomic E-state index is 0. The molecule has 0 heterocycles. The monoisotopic (exact) mass is 199 g/mol. The second-order valence-corrected chi connectivity index (χ2v) is 1.93. The summed E-state index contributed by atoms with van der Waals surface area (Å²) in [5.74, 6) is 0. The van der Waals surface area contributed by atoms with Gasteiger partial charge in [-0.25, -0.2) is 0 Å². The zero-order chi connectivity index (χ0) is 7.82. The van der Waals surface area contributed by atoms with Crippen LogP contribution in [0.15, 0.2) is 30.3 Å². The fourth-order valence-corrected chi connectivity index (χ4v) is 0.478. The zero-order valence-corrected chi connectivity index (χ0v) is 10.2. The van der Waals surface area contributed by atoms with E-state index in [9.17, 15) is 0 Å². The Morgan fingerprint density at radius 3 is 1.64 bits per heavy atom. The Morgan fingerprint density at radius 2 is 1.45 bits per heavy atom. The second kappa shape index (κ2) is 9.67. The zero-order valence-electron chi connectivity index (χ0n) is 7.25. The maximum atomic E-state index is 3.72. The van der Waals surface area contributed by atoms with Gasteiger partial charge in [0.05, 0.1) is 0 Å². The van der Waals surface area contributed by atoms with Crippen molar-refractivity contribution >= 4 is 0 Å². The van der Waals surface area contributed by atoms with E-state index >= 15 is 0 Å². The molecule has 0 amide bonds. The summed E-state index contributed by atoms with van der Waals surface area (Å²) in [4.78, 5) is 0. The average Bonchev–Trinajstić information content (AvgIpc) is 1.91. The summed E-state index contributed by atoms with van der Waals surface area (Å²) in [7, 11) is 3.50. The quantitative estimate of drug-likeness (QED) is 0.451. The van der Waals surface area contributed by atoms with E-state index in [2.05, 4.69) is 12.2 Å². The third-order valence-corrected chi connectivity index (χ3v) is 0.843. The van der Waals surface area contributed by atoms with Crippen molar-refractivity contribution in [3.63, 3.8) is 0 Å². The Balaban J connectivity index is 0. The predicted molar refractivity (Wildman–Crippen MR) is 46.1 cm³/mol. The van der Waals surface area contributed by atoms with Crippen molar-refractivity contribution in [2.75, 3.05) is 14.1 Å². The first-order valence-electron chi connectivity index (χ1n) is 3.16. The predicted octanol–water partition coefficient (Wildman–Crippen LogP) is 2.49. The summed E-state index contributed by atoms with van der Waals surface area (Å²) in [6.07, 6.45) is 0. The van der Waals surface area contributed by atoms with Gasteiger partial charge in [0, 0.05) is 0 Å². The van der Waals surface area contributed by atoms with Crippen LogP contribution in [0, 0.1) is 6.92 Å². The fourth-order valence-electron chi connectivity index (χ4n) is 0.478. The Kier molecular flexibility index (Phi) is 11.7. The van der Waals surface area contributed by atoms with E-state index in [1.165, 1.54) is 0 Å². The van der Waals surface area contributed by atoms with Crippen LogP contribution in [-0.2, 0) is 19.5 Å². The van der Waals surface area contributed by atoms with Gasteiger partial charge in [-0.05, 0) is 0 Å². The van der Waals surface area contributed by atoms with Crippen LogP contribution in [0.25, 0.3) is 5.32 Å². The Labute approximate surface area is 82.0 Å². The summed E-state index contributed by atoms with van der Waals surface area (Å²) in [5.41, 5.74) is 1.07. The SMILES string of the molecule is C[N-]C.[CH2-]c1ccccc1.[Zn+2]. The molecule has 0 N–H and O–H groups in total. The molecule has 0 atom stereocenters. The van der Waals surface area contributed by atoms with Crippen LogP contribution in [0.4, 0.5) is 0 Å². The molecule has 0 radical (unpaired) electrons. The van der Waals surface area contributed by atoms with Crippen LogP contribution in [0.3, 0.4) is 0 Å². The number of hydrogen-bond acceptors (Lipinski definition) is 0. The summed E-state index contributed by atoms with van der Waals surface area (Å²) in [6, 6.07) is 9.87. The molecule has 0 aliphatic heterocycles. The molecule has 2 heteroatoms. The van der Waals surface area contributed by atoms with E-state index in [0.29, 0.717) is 0 Å². The molecule has 0 aliphatic rings. The number of benzene rings is 1. The Bertz CT molecular complexity index is 151. The van der Waals surface area contributed by atoms with Crippen molar-refractivity contribution in [2.24, 2.45) is 0 Å². The molecule has 0 aliphatic carbocycles. The van der Waals surface area contributed by atoms with Crippen molar-refractivity contribution in [3.8, 4) is 0 Å². The molecule has 1 rings (SSSR count). The summed E-state index contributed by atoms with van der Waals surface area (Å²) in [6.45, 7) is 3.72. The van der Waals surface area contributed by atoms with E-state index in [1.807, 2.05) is 30.3 Å². The molecule has 0 bridgehead atoms. The smallest absolute Gasteiger partial charge is 0.668 e. The molecule has 0 saturated carbocycles. The molecule has 0 unspecified atom stereocenters. The van der Waals surface area contributed by atoms with Gasteiger partial charge in [-0.3, -0.25) is 0 Å². The van der Waals surface area contributed by atoms with Gasteiger partial charge >= 0.3 is 19.5 Å². The van der Waals surface area contributed by atoms with Crippen molar-refractivity contribution in [1.29, 1.82) is 0 Å². The molecule has 0 aromatic heterocycles. The van der Waals surface area contributed by atoms with Gasteiger partial charge in [0.2, 0.25) is 0 Å². The minimum Gasteiger partial charge on any atom is -0.668 e. The first-order valence-corrected chi connectivity index (χ1v) is 3.16. The number of nitrogens with zero attached hydrogens (tertiary/aromatic N) is 1. The van der Waals surface area contributed by atoms with Gasteiger partial charge in [0.1, 0.15) is 0 Å². The maximum absolute atomic E-state index is 3.72. The number of rotatable bonds is 0. The van der Waals surface area contributed by atoms with Gasteiger partial charge in [-0.2, -0.15) is 38.7 Å².